The SMILES string of the molecule is CCCC(=O)C(Sc1nc2cc(F)ccc2n1CC(=O)O)C1CCCNC1. The van der Waals surface area contributed by atoms with Crippen LogP contribution in [0.1, 0.15) is 32.6 Å². The molecule has 0 amide bonds. The van der Waals surface area contributed by atoms with E-state index >= 15 is 0 Å². The third kappa shape index (κ3) is 4.68. The molecule has 3 rings (SSSR count). The van der Waals surface area contributed by atoms with Crippen LogP contribution in [-0.4, -0.2) is 44.7 Å². The van der Waals surface area contributed by atoms with Crippen LogP contribution in [0.3, 0.4) is 0 Å². The van der Waals surface area contributed by atoms with Crippen molar-refractivity contribution in [3.63, 3.8) is 0 Å². The molecule has 1 saturated heterocycles. The molecule has 2 N–H and O–H groups in total. The second-order valence-electron chi connectivity index (χ2n) is 6.87. The van der Waals surface area contributed by atoms with Crippen LogP contribution in [0.15, 0.2) is 23.4 Å². The topological polar surface area (TPSA) is 84.2 Å². The maximum atomic E-state index is 13.6. The van der Waals surface area contributed by atoms with Gasteiger partial charge < -0.3 is 15.0 Å². The normalized spacial score (nSPS) is 18.5. The Kier molecular flexibility index (Phi) is 6.49. The summed E-state index contributed by atoms with van der Waals surface area (Å²) in [5.41, 5.74) is 0.965. The van der Waals surface area contributed by atoms with Crippen molar-refractivity contribution in [1.29, 1.82) is 0 Å². The number of imidazole rings is 1. The van der Waals surface area contributed by atoms with Gasteiger partial charge in [0.25, 0.3) is 0 Å². The van der Waals surface area contributed by atoms with Gasteiger partial charge in [0.1, 0.15) is 18.1 Å². The van der Waals surface area contributed by atoms with Crippen molar-refractivity contribution in [3.8, 4) is 0 Å². The van der Waals surface area contributed by atoms with Gasteiger partial charge in [0.05, 0.1) is 16.3 Å². The van der Waals surface area contributed by atoms with Gasteiger partial charge in [-0.2, -0.15) is 0 Å². The van der Waals surface area contributed by atoms with Crippen LogP contribution < -0.4 is 5.32 Å². The first-order valence-electron chi connectivity index (χ1n) is 9.27. The number of piperidine rings is 1. The molecule has 27 heavy (non-hydrogen) atoms. The Balaban J connectivity index is 1.97. The van der Waals surface area contributed by atoms with E-state index in [0.29, 0.717) is 22.6 Å². The summed E-state index contributed by atoms with van der Waals surface area (Å²) in [6.45, 7) is 3.41. The van der Waals surface area contributed by atoms with E-state index in [2.05, 4.69) is 10.3 Å². The number of hydrogen-bond acceptors (Lipinski definition) is 5. The molecule has 1 aromatic carbocycles. The first-order chi connectivity index (χ1) is 13.0. The zero-order chi connectivity index (χ0) is 19.4. The molecule has 0 radical (unpaired) electrons. The molecule has 1 aliphatic heterocycles. The maximum absolute atomic E-state index is 13.6. The summed E-state index contributed by atoms with van der Waals surface area (Å²) in [5, 5.41) is 12.8. The molecule has 0 aliphatic carbocycles. The van der Waals surface area contributed by atoms with Gasteiger partial charge in [-0.1, -0.05) is 18.7 Å². The summed E-state index contributed by atoms with van der Waals surface area (Å²) < 4.78 is 15.1. The number of ketones is 1. The summed E-state index contributed by atoms with van der Waals surface area (Å²) >= 11 is 1.32. The number of hydrogen-bond donors (Lipinski definition) is 2. The molecule has 2 unspecified atom stereocenters. The Labute approximate surface area is 161 Å². The van der Waals surface area contributed by atoms with Crippen molar-refractivity contribution in [2.45, 2.75) is 49.6 Å². The minimum Gasteiger partial charge on any atom is -0.480 e. The van der Waals surface area contributed by atoms with E-state index in [4.69, 9.17) is 0 Å². The van der Waals surface area contributed by atoms with Crippen LogP contribution in [0.25, 0.3) is 11.0 Å². The molecule has 2 aromatic rings. The van der Waals surface area contributed by atoms with E-state index < -0.39 is 11.8 Å². The van der Waals surface area contributed by atoms with Crippen LogP contribution in [0, 0.1) is 11.7 Å². The molecule has 1 aromatic heterocycles. The maximum Gasteiger partial charge on any atom is 0.323 e. The lowest BCUT2D eigenvalue weighted by atomic mass is 9.92. The number of nitrogens with zero attached hydrogens (tertiary/aromatic N) is 2. The number of carboxylic acid groups (broad SMARTS) is 1. The molecule has 2 heterocycles. The smallest absolute Gasteiger partial charge is 0.323 e. The number of halogens is 1. The Morgan fingerprint density at radius 2 is 2.30 bits per heavy atom. The van der Waals surface area contributed by atoms with Crippen molar-refractivity contribution in [3.05, 3.63) is 24.0 Å². The highest BCUT2D eigenvalue weighted by Crippen LogP contribution is 2.34. The Morgan fingerprint density at radius 3 is 2.96 bits per heavy atom. The van der Waals surface area contributed by atoms with E-state index in [-0.39, 0.29) is 23.5 Å². The molecule has 0 spiro atoms. The summed E-state index contributed by atoms with van der Waals surface area (Å²) in [7, 11) is 0. The van der Waals surface area contributed by atoms with Gasteiger partial charge in [-0.05, 0) is 50.4 Å². The van der Waals surface area contributed by atoms with E-state index in [0.717, 1.165) is 32.4 Å². The third-order valence-corrected chi connectivity index (χ3v) is 6.20. The molecule has 0 bridgehead atoms. The molecule has 1 fully saturated rings. The highest BCUT2D eigenvalue weighted by atomic mass is 32.2. The number of carbonyl (C=O) groups is 2. The van der Waals surface area contributed by atoms with Crippen LogP contribution >= 0.6 is 11.8 Å². The van der Waals surface area contributed by atoms with Crippen molar-refractivity contribution >= 4 is 34.5 Å². The van der Waals surface area contributed by atoms with Gasteiger partial charge in [0.15, 0.2) is 5.16 Å². The van der Waals surface area contributed by atoms with E-state index in [1.165, 1.54) is 30.0 Å². The molecular weight excluding hydrogens is 369 g/mol. The number of Topliss-reactive ketones (excluding diaryl/α,β-unsaturated/α-hetero) is 1. The molecule has 2 atom stereocenters. The van der Waals surface area contributed by atoms with Crippen LogP contribution in [0.5, 0.6) is 0 Å². The Bertz CT molecular complexity index is 833. The lowest BCUT2D eigenvalue weighted by Crippen LogP contribution is -2.39. The number of benzene rings is 1. The molecule has 6 nitrogen and oxygen atoms in total. The van der Waals surface area contributed by atoms with Crippen LogP contribution in [0.2, 0.25) is 0 Å². The van der Waals surface area contributed by atoms with Crippen molar-refractivity contribution in [2.24, 2.45) is 5.92 Å². The number of rotatable bonds is 8. The summed E-state index contributed by atoms with van der Waals surface area (Å²) in [6.07, 6.45) is 3.22. The standard InChI is InChI=1S/C19H24FN3O3S/c1-2-4-16(24)18(12-5-3-8-21-10-12)27-19-22-14-9-13(20)6-7-15(14)23(19)11-17(25)26/h6-7,9,12,18,21H,2-5,8,10-11H2,1H3,(H,25,26). The highest BCUT2D eigenvalue weighted by molar-refractivity contribution is 8.00. The fourth-order valence-corrected chi connectivity index (χ4v) is 4.87. The van der Waals surface area contributed by atoms with Crippen LogP contribution in [0.4, 0.5) is 4.39 Å². The average molecular weight is 393 g/mol. The summed E-state index contributed by atoms with van der Waals surface area (Å²) in [5.74, 6) is -1.08. The Hall–Kier alpha value is -1.93. The van der Waals surface area contributed by atoms with Gasteiger partial charge in [-0.3, -0.25) is 9.59 Å². The summed E-state index contributed by atoms with van der Waals surface area (Å²) in [4.78, 5) is 28.6. The summed E-state index contributed by atoms with van der Waals surface area (Å²) in [6, 6.07) is 4.13. The van der Waals surface area contributed by atoms with E-state index in [9.17, 15) is 19.1 Å². The van der Waals surface area contributed by atoms with E-state index in [1.807, 2.05) is 6.92 Å². The van der Waals surface area contributed by atoms with Gasteiger partial charge in [0.2, 0.25) is 0 Å². The highest BCUT2D eigenvalue weighted by Gasteiger charge is 2.31. The minimum absolute atomic E-state index is 0.163. The van der Waals surface area contributed by atoms with Gasteiger partial charge in [-0.25, -0.2) is 9.37 Å². The molecule has 1 aliphatic rings. The molecule has 0 saturated carbocycles. The fraction of sp³-hybridized carbons (Fsp3) is 0.526. The zero-order valence-corrected chi connectivity index (χ0v) is 16.1. The number of carbonyl (C=O) groups excluding carboxylic acids is 1. The van der Waals surface area contributed by atoms with E-state index in [1.54, 1.807) is 4.57 Å². The largest absolute Gasteiger partial charge is 0.480 e. The number of aliphatic carboxylic acids is 1. The van der Waals surface area contributed by atoms with Crippen molar-refractivity contribution in [1.82, 2.24) is 14.9 Å². The lowest BCUT2D eigenvalue weighted by molar-refractivity contribution is -0.137. The lowest BCUT2D eigenvalue weighted by Gasteiger charge is -2.29. The molecule has 146 valence electrons. The van der Waals surface area contributed by atoms with Gasteiger partial charge >= 0.3 is 5.97 Å². The Morgan fingerprint density at radius 1 is 1.48 bits per heavy atom. The quantitative estimate of drug-likeness (QED) is 0.671. The predicted octanol–water partition coefficient (Wildman–Crippen LogP) is 3.09. The van der Waals surface area contributed by atoms with Crippen molar-refractivity contribution < 1.29 is 19.1 Å². The second-order valence-corrected chi connectivity index (χ2v) is 7.98. The predicted molar refractivity (Wildman–Crippen MR) is 102 cm³/mol. The zero-order valence-electron chi connectivity index (χ0n) is 15.3. The number of nitrogens with one attached hydrogen (secondary N) is 1. The van der Waals surface area contributed by atoms with Crippen molar-refractivity contribution in [2.75, 3.05) is 13.1 Å². The minimum atomic E-state index is -1.00. The van der Waals surface area contributed by atoms with Gasteiger partial charge in [-0.15, -0.1) is 0 Å². The fourth-order valence-electron chi connectivity index (χ4n) is 3.52. The second kappa shape index (κ2) is 8.84. The molecule has 8 heteroatoms. The number of carboxylic acids is 1. The first kappa shape index (κ1) is 19.8. The van der Waals surface area contributed by atoms with Gasteiger partial charge in [0, 0.05) is 12.5 Å². The first-order valence-corrected chi connectivity index (χ1v) is 10.1. The van der Waals surface area contributed by atoms with Crippen LogP contribution in [-0.2, 0) is 16.1 Å². The molecular formula is C19H24FN3O3S. The number of thioether (sulfide) groups is 1. The number of fused-ring (bicyclic) bond motifs is 1. The third-order valence-electron chi connectivity index (χ3n) is 4.78. The average Bonchev–Trinajstić information content (AvgIpc) is 2.96. The number of aromatic nitrogens is 2. The monoisotopic (exact) mass is 393 g/mol.